The van der Waals surface area contributed by atoms with Crippen LogP contribution in [-0.4, -0.2) is 4.98 Å². The molecule has 0 radical (unpaired) electrons. The van der Waals surface area contributed by atoms with E-state index in [2.05, 4.69) is 4.98 Å². The van der Waals surface area contributed by atoms with E-state index in [0.29, 0.717) is 4.90 Å². The molecule has 0 saturated carbocycles. The average Bonchev–Trinajstić information content (AvgIpc) is 2.19. The normalized spacial score (nSPS) is 9.93. The summed E-state index contributed by atoms with van der Waals surface area (Å²) < 4.78 is 0. The maximum atomic E-state index is 11.4. The van der Waals surface area contributed by atoms with E-state index >= 15 is 0 Å². The predicted octanol–water partition coefficient (Wildman–Crippen LogP) is 2.10. The number of nitrogens with zero attached hydrogens (tertiary/aromatic N) is 1. The van der Waals surface area contributed by atoms with Crippen molar-refractivity contribution in [2.45, 2.75) is 4.90 Å². The molecule has 0 saturated heterocycles. The van der Waals surface area contributed by atoms with Crippen LogP contribution >= 0.6 is 11.8 Å². The van der Waals surface area contributed by atoms with E-state index < -0.39 is 0 Å². The SMILES string of the molecule is N#CSc1cc2ccccc2[nH]c1=O. The number of pyridine rings is 1. The molecule has 3 nitrogen and oxygen atoms in total. The molecule has 1 heterocycles. The third-order valence-electron chi connectivity index (χ3n) is 1.87. The molecular formula is C10H6N2OS. The highest BCUT2D eigenvalue weighted by molar-refractivity contribution is 8.03. The van der Waals surface area contributed by atoms with Crippen molar-refractivity contribution in [3.05, 3.63) is 40.7 Å². The van der Waals surface area contributed by atoms with Crippen molar-refractivity contribution in [1.82, 2.24) is 4.98 Å². The maximum Gasteiger partial charge on any atom is 0.263 e. The van der Waals surface area contributed by atoms with Gasteiger partial charge in [0, 0.05) is 5.52 Å². The first-order valence-electron chi connectivity index (χ1n) is 3.99. The van der Waals surface area contributed by atoms with Crippen LogP contribution in [0.3, 0.4) is 0 Å². The van der Waals surface area contributed by atoms with E-state index in [1.807, 2.05) is 29.7 Å². The summed E-state index contributed by atoms with van der Waals surface area (Å²) in [5, 5.41) is 11.3. The Morgan fingerprint density at radius 3 is 2.93 bits per heavy atom. The lowest BCUT2D eigenvalue weighted by Crippen LogP contribution is -2.07. The van der Waals surface area contributed by atoms with Gasteiger partial charge in [0.15, 0.2) is 0 Å². The van der Waals surface area contributed by atoms with Crippen LogP contribution in [0.15, 0.2) is 40.0 Å². The van der Waals surface area contributed by atoms with Crippen LogP contribution < -0.4 is 5.56 Å². The number of benzene rings is 1. The van der Waals surface area contributed by atoms with Crippen molar-refractivity contribution in [3.63, 3.8) is 0 Å². The lowest BCUT2D eigenvalue weighted by Gasteiger charge is -1.98. The number of aromatic amines is 1. The third-order valence-corrected chi connectivity index (χ3v) is 2.49. The second-order valence-electron chi connectivity index (χ2n) is 2.74. The molecule has 2 rings (SSSR count). The van der Waals surface area contributed by atoms with Crippen molar-refractivity contribution < 1.29 is 0 Å². The Kier molecular flexibility index (Phi) is 2.25. The number of aromatic nitrogens is 1. The highest BCUT2D eigenvalue weighted by atomic mass is 32.2. The molecule has 1 aromatic heterocycles. The molecule has 0 atom stereocenters. The monoisotopic (exact) mass is 202 g/mol. The quantitative estimate of drug-likeness (QED) is 0.569. The molecule has 1 N–H and O–H groups in total. The van der Waals surface area contributed by atoms with E-state index in [4.69, 9.17) is 5.26 Å². The minimum atomic E-state index is -0.213. The molecule has 0 fully saturated rings. The van der Waals surface area contributed by atoms with E-state index in [0.717, 1.165) is 22.7 Å². The van der Waals surface area contributed by atoms with Gasteiger partial charge in [-0.25, -0.2) is 0 Å². The molecule has 0 bridgehead atoms. The Labute approximate surface area is 84.4 Å². The molecule has 0 aliphatic rings. The van der Waals surface area contributed by atoms with Crippen molar-refractivity contribution >= 4 is 22.7 Å². The number of thioether (sulfide) groups is 1. The van der Waals surface area contributed by atoms with E-state index in [-0.39, 0.29) is 5.56 Å². The van der Waals surface area contributed by atoms with Crippen LogP contribution in [0.2, 0.25) is 0 Å². The molecule has 0 amide bonds. The van der Waals surface area contributed by atoms with Gasteiger partial charge in [0.05, 0.1) is 4.90 Å². The molecule has 0 aliphatic carbocycles. The number of hydrogen-bond donors (Lipinski definition) is 1. The highest BCUT2D eigenvalue weighted by Gasteiger charge is 2.01. The summed E-state index contributed by atoms with van der Waals surface area (Å²) in [5.74, 6) is 0. The zero-order chi connectivity index (χ0) is 9.97. The summed E-state index contributed by atoms with van der Waals surface area (Å²) in [6.45, 7) is 0. The smallest absolute Gasteiger partial charge is 0.263 e. The topological polar surface area (TPSA) is 56.6 Å². The third kappa shape index (κ3) is 1.50. The molecule has 68 valence electrons. The highest BCUT2D eigenvalue weighted by Crippen LogP contribution is 2.16. The van der Waals surface area contributed by atoms with Crippen LogP contribution in [0.1, 0.15) is 0 Å². The number of fused-ring (bicyclic) bond motifs is 1. The van der Waals surface area contributed by atoms with Crippen molar-refractivity contribution in [2.75, 3.05) is 0 Å². The number of nitrogens with one attached hydrogen (secondary N) is 1. The van der Waals surface area contributed by atoms with Crippen molar-refractivity contribution in [1.29, 1.82) is 5.26 Å². The number of thiocyanates is 1. The predicted molar refractivity (Wildman–Crippen MR) is 56.0 cm³/mol. The molecule has 0 spiro atoms. The van der Waals surface area contributed by atoms with Gasteiger partial charge in [0.2, 0.25) is 0 Å². The minimum absolute atomic E-state index is 0.213. The molecule has 1 aromatic carbocycles. The standard InChI is InChI=1S/C10H6N2OS/c11-6-14-9-5-7-3-1-2-4-8(7)12-10(9)13/h1-5H,(H,12,13). The Hall–Kier alpha value is -1.73. The minimum Gasteiger partial charge on any atom is -0.321 e. The number of hydrogen-bond acceptors (Lipinski definition) is 3. The fourth-order valence-corrected chi connectivity index (χ4v) is 1.68. The van der Waals surface area contributed by atoms with E-state index in [1.54, 1.807) is 6.07 Å². The number of H-pyrrole nitrogens is 1. The fraction of sp³-hybridized carbons (Fsp3) is 0. The molecule has 4 heteroatoms. The maximum absolute atomic E-state index is 11.4. The van der Waals surface area contributed by atoms with Crippen LogP contribution in [0.5, 0.6) is 0 Å². The second kappa shape index (κ2) is 3.56. The fourth-order valence-electron chi connectivity index (χ4n) is 1.25. The molecule has 2 aromatic rings. The summed E-state index contributed by atoms with van der Waals surface area (Å²) in [6.07, 6.45) is 0. The van der Waals surface area contributed by atoms with Gasteiger partial charge in [-0.3, -0.25) is 4.79 Å². The summed E-state index contributed by atoms with van der Waals surface area (Å²) in [5.41, 5.74) is 0.579. The van der Waals surface area contributed by atoms with Crippen LogP contribution in [-0.2, 0) is 0 Å². The van der Waals surface area contributed by atoms with E-state index in [9.17, 15) is 4.79 Å². The lowest BCUT2D eigenvalue weighted by molar-refractivity contribution is 1.20. The van der Waals surface area contributed by atoms with Gasteiger partial charge in [0.1, 0.15) is 5.40 Å². The zero-order valence-electron chi connectivity index (χ0n) is 7.15. The summed E-state index contributed by atoms with van der Waals surface area (Å²) in [4.78, 5) is 14.5. The Morgan fingerprint density at radius 1 is 1.36 bits per heavy atom. The summed E-state index contributed by atoms with van der Waals surface area (Å²) in [6, 6.07) is 9.20. The molecule has 0 unspecified atom stereocenters. The number of rotatable bonds is 1. The van der Waals surface area contributed by atoms with Crippen LogP contribution in [0, 0.1) is 10.7 Å². The molecule has 0 aliphatic heterocycles. The first kappa shape index (κ1) is 8.85. The van der Waals surface area contributed by atoms with Gasteiger partial charge in [-0.2, -0.15) is 5.26 Å². The first-order valence-corrected chi connectivity index (χ1v) is 4.81. The van der Waals surface area contributed by atoms with Crippen molar-refractivity contribution in [3.8, 4) is 5.40 Å². The van der Waals surface area contributed by atoms with E-state index in [1.165, 1.54) is 0 Å². The van der Waals surface area contributed by atoms with Gasteiger partial charge >= 0.3 is 0 Å². The number of para-hydroxylation sites is 1. The number of nitriles is 1. The van der Waals surface area contributed by atoms with Gasteiger partial charge < -0.3 is 4.98 Å². The van der Waals surface area contributed by atoms with Gasteiger partial charge in [-0.1, -0.05) is 18.2 Å². The largest absolute Gasteiger partial charge is 0.321 e. The Bertz CT molecular complexity index is 568. The molecule has 14 heavy (non-hydrogen) atoms. The van der Waals surface area contributed by atoms with Gasteiger partial charge in [-0.15, -0.1) is 0 Å². The Balaban J connectivity index is 2.72. The van der Waals surface area contributed by atoms with Gasteiger partial charge in [0.25, 0.3) is 5.56 Å². The first-order chi connectivity index (χ1) is 6.81. The van der Waals surface area contributed by atoms with Crippen LogP contribution in [0.4, 0.5) is 0 Å². The summed E-state index contributed by atoms with van der Waals surface area (Å²) in [7, 11) is 0. The summed E-state index contributed by atoms with van der Waals surface area (Å²) >= 11 is 0.879. The second-order valence-corrected chi connectivity index (χ2v) is 3.57. The molecular weight excluding hydrogens is 196 g/mol. The zero-order valence-corrected chi connectivity index (χ0v) is 7.97. The average molecular weight is 202 g/mol. The van der Waals surface area contributed by atoms with Crippen molar-refractivity contribution in [2.24, 2.45) is 0 Å². The Morgan fingerprint density at radius 2 is 2.14 bits per heavy atom. The van der Waals surface area contributed by atoms with Crippen LogP contribution in [0.25, 0.3) is 10.9 Å². The van der Waals surface area contributed by atoms with Gasteiger partial charge in [-0.05, 0) is 29.3 Å². The lowest BCUT2D eigenvalue weighted by atomic mass is 10.2.